The van der Waals surface area contributed by atoms with Crippen LogP contribution in [-0.4, -0.2) is 61.2 Å². The zero-order valence-corrected chi connectivity index (χ0v) is 15.1. The summed E-state index contributed by atoms with van der Waals surface area (Å²) in [5, 5.41) is 2.71. The zero-order chi connectivity index (χ0) is 18.9. The third-order valence-electron chi connectivity index (χ3n) is 5.47. The van der Waals surface area contributed by atoms with Gasteiger partial charge in [0.15, 0.2) is 6.61 Å². The van der Waals surface area contributed by atoms with E-state index in [1.807, 2.05) is 29.2 Å². The number of hydrogen-bond acceptors (Lipinski definition) is 5. The highest BCUT2D eigenvalue weighted by Gasteiger charge is 2.41. The van der Waals surface area contributed by atoms with E-state index < -0.39 is 5.60 Å². The summed E-state index contributed by atoms with van der Waals surface area (Å²) in [4.78, 5) is 39.8. The Morgan fingerprint density at radius 1 is 1.19 bits per heavy atom. The Bertz CT molecular complexity index is 767. The molecule has 0 saturated carbocycles. The summed E-state index contributed by atoms with van der Waals surface area (Å²) in [6.07, 6.45) is 2.06. The van der Waals surface area contributed by atoms with E-state index in [1.54, 1.807) is 4.90 Å². The van der Waals surface area contributed by atoms with Crippen LogP contribution in [0.4, 0.5) is 10.5 Å². The first kappa shape index (κ1) is 17.6. The summed E-state index contributed by atoms with van der Waals surface area (Å²) in [6, 6.07) is 7.35. The molecule has 3 amide bonds. The first-order valence-electron chi connectivity index (χ1n) is 9.33. The molecular formula is C19H23N3O5. The third-order valence-corrected chi connectivity index (χ3v) is 5.47. The molecule has 1 atom stereocenters. The van der Waals surface area contributed by atoms with Gasteiger partial charge in [0.2, 0.25) is 5.91 Å². The summed E-state index contributed by atoms with van der Waals surface area (Å²) >= 11 is 0. The van der Waals surface area contributed by atoms with Gasteiger partial charge in [0.05, 0.1) is 12.2 Å². The maximum absolute atomic E-state index is 12.7. The Morgan fingerprint density at radius 3 is 2.85 bits per heavy atom. The molecule has 8 nitrogen and oxygen atoms in total. The molecule has 0 bridgehead atoms. The van der Waals surface area contributed by atoms with E-state index in [0.717, 1.165) is 12.8 Å². The second kappa shape index (κ2) is 7.09. The number of para-hydroxylation sites is 2. The van der Waals surface area contributed by atoms with Gasteiger partial charge in [-0.3, -0.25) is 9.59 Å². The third kappa shape index (κ3) is 3.56. The fourth-order valence-electron chi connectivity index (χ4n) is 3.96. The molecule has 3 aliphatic heterocycles. The number of carbonyl (C=O) groups is 3. The molecule has 1 unspecified atom stereocenters. The van der Waals surface area contributed by atoms with Crippen LogP contribution < -0.4 is 15.0 Å². The molecule has 0 radical (unpaired) electrons. The molecule has 3 aliphatic rings. The van der Waals surface area contributed by atoms with Gasteiger partial charge >= 0.3 is 6.09 Å². The maximum atomic E-state index is 12.7. The van der Waals surface area contributed by atoms with Gasteiger partial charge < -0.3 is 24.6 Å². The SMILES string of the molecule is O=C1NCC2(CCCN(C(=O)CCN3C(=O)COc4ccccc43)CC2)O1. The largest absolute Gasteiger partial charge is 0.482 e. The fraction of sp³-hybridized carbons (Fsp3) is 0.526. The van der Waals surface area contributed by atoms with E-state index in [0.29, 0.717) is 44.0 Å². The summed E-state index contributed by atoms with van der Waals surface area (Å²) in [5.41, 5.74) is 0.228. The number of carbonyl (C=O) groups excluding carboxylic acids is 3. The zero-order valence-electron chi connectivity index (χ0n) is 15.1. The van der Waals surface area contributed by atoms with Gasteiger partial charge in [0, 0.05) is 32.5 Å². The summed E-state index contributed by atoms with van der Waals surface area (Å²) in [5.74, 6) is 0.540. The van der Waals surface area contributed by atoms with Crippen LogP contribution in [0.2, 0.25) is 0 Å². The molecule has 2 saturated heterocycles. The van der Waals surface area contributed by atoms with Crippen molar-refractivity contribution in [1.29, 1.82) is 0 Å². The maximum Gasteiger partial charge on any atom is 0.407 e. The molecule has 144 valence electrons. The lowest BCUT2D eigenvalue weighted by atomic mass is 9.95. The van der Waals surface area contributed by atoms with Crippen LogP contribution in [0.3, 0.4) is 0 Å². The molecule has 1 spiro atoms. The predicted octanol–water partition coefficient (Wildman–Crippen LogP) is 1.29. The second-order valence-corrected chi connectivity index (χ2v) is 7.21. The highest BCUT2D eigenvalue weighted by Crippen LogP contribution is 2.32. The second-order valence-electron chi connectivity index (χ2n) is 7.21. The number of amides is 3. The number of rotatable bonds is 3. The molecule has 0 aromatic heterocycles. The van der Waals surface area contributed by atoms with E-state index in [-0.39, 0.29) is 30.9 Å². The van der Waals surface area contributed by atoms with Crippen LogP contribution in [0.5, 0.6) is 5.75 Å². The Labute approximate surface area is 157 Å². The molecule has 0 aliphatic carbocycles. The smallest absolute Gasteiger partial charge is 0.407 e. The van der Waals surface area contributed by atoms with Crippen molar-refractivity contribution in [3.8, 4) is 5.75 Å². The van der Waals surface area contributed by atoms with Gasteiger partial charge in [0.25, 0.3) is 5.91 Å². The van der Waals surface area contributed by atoms with Crippen molar-refractivity contribution >= 4 is 23.6 Å². The minimum atomic E-state index is -0.481. The molecular weight excluding hydrogens is 350 g/mol. The normalized spacial score (nSPS) is 24.7. The number of nitrogens with zero attached hydrogens (tertiary/aromatic N) is 2. The lowest BCUT2D eigenvalue weighted by molar-refractivity contribution is -0.131. The molecule has 1 aromatic rings. The average molecular weight is 373 g/mol. The molecule has 2 fully saturated rings. The van der Waals surface area contributed by atoms with Gasteiger partial charge in [-0.05, 0) is 25.0 Å². The van der Waals surface area contributed by atoms with Gasteiger partial charge in [-0.15, -0.1) is 0 Å². The highest BCUT2D eigenvalue weighted by molar-refractivity contribution is 5.98. The number of alkyl carbamates (subject to hydrolysis) is 1. The fourth-order valence-corrected chi connectivity index (χ4v) is 3.96. The average Bonchev–Trinajstić information content (AvgIpc) is 2.91. The van der Waals surface area contributed by atoms with Crippen molar-refractivity contribution in [2.24, 2.45) is 0 Å². The van der Waals surface area contributed by atoms with E-state index in [9.17, 15) is 14.4 Å². The minimum Gasteiger partial charge on any atom is -0.482 e. The minimum absolute atomic E-state index is 0.00416. The monoisotopic (exact) mass is 373 g/mol. The van der Waals surface area contributed by atoms with Crippen LogP contribution >= 0.6 is 0 Å². The van der Waals surface area contributed by atoms with Crippen molar-refractivity contribution in [3.63, 3.8) is 0 Å². The highest BCUT2D eigenvalue weighted by atomic mass is 16.6. The van der Waals surface area contributed by atoms with Crippen molar-refractivity contribution in [3.05, 3.63) is 24.3 Å². The number of anilines is 1. The van der Waals surface area contributed by atoms with Gasteiger partial charge in [-0.1, -0.05) is 12.1 Å². The van der Waals surface area contributed by atoms with Gasteiger partial charge in [0.1, 0.15) is 11.4 Å². The van der Waals surface area contributed by atoms with E-state index in [2.05, 4.69) is 5.32 Å². The van der Waals surface area contributed by atoms with Gasteiger partial charge in [-0.2, -0.15) is 0 Å². The van der Waals surface area contributed by atoms with Crippen molar-refractivity contribution in [2.75, 3.05) is 37.7 Å². The topological polar surface area (TPSA) is 88.2 Å². The molecule has 4 rings (SSSR count). The Morgan fingerprint density at radius 2 is 2.04 bits per heavy atom. The first-order chi connectivity index (χ1) is 13.1. The van der Waals surface area contributed by atoms with Crippen LogP contribution in [-0.2, 0) is 14.3 Å². The summed E-state index contributed by atoms with van der Waals surface area (Å²) < 4.78 is 10.9. The van der Waals surface area contributed by atoms with E-state index in [1.165, 1.54) is 0 Å². The molecule has 27 heavy (non-hydrogen) atoms. The lowest BCUT2D eigenvalue weighted by Crippen LogP contribution is -2.42. The molecule has 8 heteroatoms. The first-order valence-corrected chi connectivity index (χ1v) is 9.33. The number of hydrogen-bond donors (Lipinski definition) is 1. The van der Waals surface area contributed by atoms with Crippen molar-refractivity contribution < 1.29 is 23.9 Å². The van der Waals surface area contributed by atoms with Crippen molar-refractivity contribution in [1.82, 2.24) is 10.2 Å². The number of likely N-dealkylation sites (tertiary alicyclic amines) is 1. The predicted molar refractivity (Wildman–Crippen MR) is 96.6 cm³/mol. The Kier molecular flexibility index (Phi) is 4.63. The lowest BCUT2D eigenvalue weighted by Gasteiger charge is -2.30. The Hall–Kier alpha value is -2.77. The van der Waals surface area contributed by atoms with E-state index in [4.69, 9.17) is 9.47 Å². The van der Waals surface area contributed by atoms with Crippen LogP contribution in [0.15, 0.2) is 24.3 Å². The number of nitrogens with one attached hydrogen (secondary N) is 1. The van der Waals surface area contributed by atoms with Crippen LogP contribution in [0, 0.1) is 0 Å². The summed E-state index contributed by atoms with van der Waals surface area (Å²) in [7, 11) is 0. The molecule has 3 heterocycles. The molecule has 1 N–H and O–H groups in total. The van der Waals surface area contributed by atoms with Crippen molar-refractivity contribution in [2.45, 2.75) is 31.3 Å². The van der Waals surface area contributed by atoms with Crippen LogP contribution in [0.1, 0.15) is 25.7 Å². The quantitative estimate of drug-likeness (QED) is 0.863. The number of benzene rings is 1. The van der Waals surface area contributed by atoms with Crippen LogP contribution in [0.25, 0.3) is 0 Å². The Balaban J connectivity index is 1.36. The summed E-state index contributed by atoms with van der Waals surface area (Å²) in [6.45, 7) is 2.03. The number of fused-ring (bicyclic) bond motifs is 1. The number of ether oxygens (including phenoxy) is 2. The van der Waals surface area contributed by atoms with E-state index >= 15 is 0 Å². The molecule has 1 aromatic carbocycles. The standard InChI is InChI=1S/C19H23N3O5/c23-16(21-9-3-7-19(8-11-21)13-20-18(25)27-19)6-10-22-14-4-1-2-5-15(14)26-12-17(22)24/h1-2,4-5H,3,6-13H2,(H,20,25). The van der Waals surface area contributed by atoms with Gasteiger partial charge in [-0.25, -0.2) is 4.79 Å².